The number of nitrogens with zero attached hydrogens (tertiary/aromatic N) is 3. The van der Waals surface area contributed by atoms with Gasteiger partial charge in [0.2, 0.25) is 5.91 Å². The number of carbonyl (C=O) groups excluding carboxylic acids is 1. The van der Waals surface area contributed by atoms with Crippen molar-refractivity contribution in [1.29, 1.82) is 0 Å². The maximum atomic E-state index is 12.6. The Bertz CT molecular complexity index is 982. The fraction of sp³-hybridized carbons (Fsp3) is 0.417. The maximum Gasteiger partial charge on any atom is 0.222 e. The van der Waals surface area contributed by atoms with Gasteiger partial charge in [-0.05, 0) is 68.3 Å². The average molecular weight is 440 g/mol. The molecule has 0 N–H and O–H groups in total. The van der Waals surface area contributed by atoms with E-state index in [2.05, 4.69) is 62.1 Å². The van der Waals surface area contributed by atoms with Crippen molar-refractivity contribution in [3.8, 4) is 0 Å². The zero-order chi connectivity index (χ0) is 21.1. The highest BCUT2D eigenvalue weighted by Crippen LogP contribution is 2.31. The molecule has 2 heterocycles. The molecule has 0 unspecified atom stereocenters. The third-order valence-corrected chi connectivity index (χ3v) is 7.90. The van der Waals surface area contributed by atoms with Gasteiger partial charge in [0.05, 0.1) is 10.2 Å². The lowest BCUT2D eigenvalue weighted by molar-refractivity contribution is -0.131. The zero-order valence-electron chi connectivity index (χ0n) is 18.0. The summed E-state index contributed by atoms with van der Waals surface area (Å²) in [5, 5.41) is 1.08. The highest BCUT2D eigenvalue weighted by Gasteiger charge is 2.23. The number of aryl methyl sites for hydroxylation is 3. The number of carbonyl (C=O) groups is 1. The molecule has 1 aliphatic rings. The summed E-state index contributed by atoms with van der Waals surface area (Å²) >= 11 is 3.59. The third kappa shape index (κ3) is 4.98. The number of thioether (sulfide) groups is 1. The highest BCUT2D eigenvalue weighted by molar-refractivity contribution is 7.99. The number of anilines is 1. The van der Waals surface area contributed by atoms with E-state index in [1.165, 1.54) is 26.3 Å². The van der Waals surface area contributed by atoms with E-state index in [0.29, 0.717) is 6.42 Å². The molecule has 0 bridgehead atoms. The molecule has 1 aliphatic heterocycles. The predicted octanol–water partition coefficient (Wildman–Crippen LogP) is 5.44. The third-order valence-electron chi connectivity index (χ3n) is 5.72. The van der Waals surface area contributed by atoms with Crippen LogP contribution in [0.15, 0.2) is 41.3 Å². The molecule has 158 valence electrons. The second-order valence-electron chi connectivity index (χ2n) is 8.03. The van der Waals surface area contributed by atoms with Gasteiger partial charge >= 0.3 is 0 Å². The van der Waals surface area contributed by atoms with Gasteiger partial charge in [0.1, 0.15) is 0 Å². The number of rotatable bonds is 6. The van der Waals surface area contributed by atoms with Crippen LogP contribution in [0.3, 0.4) is 0 Å². The van der Waals surface area contributed by atoms with Crippen LogP contribution in [-0.4, -0.2) is 47.7 Å². The number of amides is 1. The number of thiazole rings is 1. The van der Waals surface area contributed by atoms with Crippen molar-refractivity contribution in [3.63, 3.8) is 0 Å². The first-order valence-electron chi connectivity index (χ1n) is 10.6. The van der Waals surface area contributed by atoms with Crippen LogP contribution in [0, 0.1) is 20.8 Å². The Kier molecular flexibility index (Phi) is 6.64. The number of piperazine rings is 1. The Morgan fingerprint density at radius 2 is 1.73 bits per heavy atom. The first-order chi connectivity index (χ1) is 14.5. The summed E-state index contributed by atoms with van der Waals surface area (Å²) in [6.45, 7) is 9.69. The number of hydrogen-bond acceptors (Lipinski definition) is 5. The monoisotopic (exact) mass is 439 g/mol. The molecule has 1 saturated heterocycles. The number of hydrogen-bond donors (Lipinski definition) is 0. The van der Waals surface area contributed by atoms with Crippen LogP contribution in [0.25, 0.3) is 10.2 Å². The predicted molar refractivity (Wildman–Crippen MR) is 129 cm³/mol. The molecule has 0 atom stereocenters. The minimum atomic E-state index is 0.287. The average Bonchev–Trinajstić information content (AvgIpc) is 3.15. The van der Waals surface area contributed by atoms with Crippen LogP contribution >= 0.6 is 23.1 Å². The second-order valence-corrected chi connectivity index (χ2v) is 10.2. The van der Waals surface area contributed by atoms with Crippen LogP contribution in [-0.2, 0) is 4.79 Å². The molecule has 0 aliphatic carbocycles. The van der Waals surface area contributed by atoms with Crippen molar-refractivity contribution >= 4 is 44.4 Å². The summed E-state index contributed by atoms with van der Waals surface area (Å²) in [6, 6.07) is 13.0. The Morgan fingerprint density at radius 3 is 2.47 bits per heavy atom. The lowest BCUT2D eigenvalue weighted by Gasteiger charge is -2.34. The van der Waals surface area contributed by atoms with Crippen molar-refractivity contribution in [3.05, 3.63) is 53.1 Å². The summed E-state index contributed by atoms with van der Waals surface area (Å²) < 4.78 is 1.25. The second kappa shape index (κ2) is 9.40. The van der Waals surface area contributed by atoms with Crippen molar-refractivity contribution in [1.82, 2.24) is 9.88 Å². The summed E-state index contributed by atoms with van der Waals surface area (Å²) in [4.78, 5) is 23.1. The van der Waals surface area contributed by atoms with Gasteiger partial charge in [-0.1, -0.05) is 29.0 Å². The quantitative estimate of drug-likeness (QED) is 0.378. The topological polar surface area (TPSA) is 36.4 Å². The SMILES string of the molecule is Cc1ccc(SCCCC(=O)N2CCN(c3nc4cc(C)c(C)cc4s3)CC2)cc1. The fourth-order valence-corrected chi connectivity index (χ4v) is 5.61. The van der Waals surface area contributed by atoms with Gasteiger partial charge in [-0.15, -0.1) is 11.8 Å². The zero-order valence-corrected chi connectivity index (χ0v) is 19.6. The molecule has 1 aromatic heterocycles. The highest BCUT2D eigenvalue weighted by atomic mass is 32.2. The molecular weight excluding hydrogens is 410 g/mol. The van der Waals surface area contributed by atoms with Crippen molar-refractivity contribution in [2.45, 2.75) is 38.5 Å². The van der Waals surface area contributed by atoms with Gasteiger partial charge in [0.25, 0.3) is 0 Å². The van der Waals surface area contributed by atoms with Gasteiger partial charge in [0.15, 0.2) is 5.13 Å². The number of fused-ring (bicyclic) bond motifs is 1. The lowest BCUT2D eigenvalue weighted by atomic mass is 10.1. The van der Waals surface area contributed by atoms with Crippen molar-refractivity contribution in [2.24, 2.45) is 0 Å². The Labute approximate surface area is 187 Å². The van der Waals surface area contributed by atoms with E-state index < -0.39 is 0 Å². The van der Waals surface area contributed by atoms with Crippen LogP contribution in [0.4, 0.5) is 5.13 Å². The molecule has 4 nitrogen and oxygen atoms in total. The molecule has 1 amide bonds. The van der Waals surface area contributed by atoms with E-state index in [0.717, 1.165) is 49.0 Å². The van der Waals surface area contributed by atoms with Gasteiger partial charge in [0, 0.05) is 37.5 Å². The molecule has 4 rings (SSSR count). The summed E-state index contributed by atoms with van der Waals surface area (Å²) in [6.07, 6.45) is 1.56. The molecule has 0 spiro atoms. The Morgan fingerprint density at radius 1 is 1.03 bits per heavy atom. The van der Waals surface area contributed by atoms with Crippen molar-refractivity contribution in [2.75, 3.05) is 36.8 Å². The molecule has 3 aromatic rings. The first-order valence-corrected chi connectivity index (χ1v) is 12.4. The first kappa shape index (κ1) is 21.2. The molecular formula is C24H29N3OS2. The molecule has 1 fully saturated rings. The van der Waals surface area contributed by atoms with Crippen LogP contribution in [0.5, 0.6) is 0 Å². The van der Waals surface area contributed by atoms with E-state index in [1.807, 2.05) is 16.7 Å². The van der Waals surface area contributed by atoms with Gasteiger partial charge in [-0.2, -0.15) is 0 Å². The largest absolute Gasteiger partial charge is 0.345 e. The minimum Gasteiger partial charge on any atom is -0.345 e. The fourth-order valence-electron chi connectivity index (χ4n) is 3.66. The van der Waals surface area contributed by atoms with Crippen LogP contribution in [0.1, 0.15) is 29.5 Å². The van der Waals surface area contributed by atoms with Crippen LogP contribution < -0.4 is 4.90 Å². The Balaban J connectivity index is 1.24. The maximum absolute atomic E-state index is 12.6. The number of benzene rings is 2. The van der Waals surface area contributed by atoms with E-state index in [4.69, 9.17) is 4.98 Å². The molecule has 2 aromatic carbocycles. The minimum absolute atomic E-state index is 0.287. The van der Waals surface area contributed by atoms with Crippen molar-refractivity contribution < 1.29 is 4.79 Å². The van der Waals surface area contributed by atoms with E-state index in [1.54, 1.807) is 11.3 Å². The summed E-state index contributed by atoms with van der Waals surface area (Å²) in [5.74, 6) is 1.27. The van der Waals surface area contributed by atoms with Gasteiger partial charge in [-0.3, -0.25) is 4.79 Å². The van der Waals surface area contributed by atoms with Gasteiger partial charge < -0.3 is 9.80 Å². The number of aromatic nitrogens is 1. The molecule has 0 saturated carbocycles. The molecule has 30 heavy (non-hydrogen) atoms. The lowest BCUT2D eigenvalue weighted by Crippen LogP contribution is -2.48. The Hall–Kier alpha value is -2.05. The van der Waals surface area contributed by atoms with E-state index in [9.17, 15) is 4.79 Å². The summed E-state index contributed by atoms with van der Waals surface area (Å²) in [7, 11) is 0. The van der Waals surface area contributed by atoms with Gasteiger partial charge in [-0.25, -0.2) is 4.98 Å². The normalized spacial score (nSPS) is 14.5. The molecule has 0 radical (unpaired) electrons. The van der Waals surface area contributed by atoms with Crippen LogP contribution in [0.2, 0.25) is 0 Å². The van der Waals surface area contributed by atoms with E-state index >= 15 is 0 Å². The standard InChI is InChI=1S/C24H29N3OS2/c1-17-6-8-20(9-7-17)29-14-4-5-23(28)26-10-12-27(13-11-26)24-25-21-15-18(2)19(3)16-22(21)30-24/h6-9,15-16H,4-5,10-14H2,1-3H3. The summed E-state index contributed by atoms with van der Waals surface area (Å²) in [5.41, 5.74) is 4.97. The van der Waals surface area contributed by atoms with E-state index in [-0.39, 0.29) is 5.91 Å². The molecule has 6 heteroatoms. The smallest absolute Gasteiger partial charge is 0.222 e.